The van der Waals surface area contributed by atoms with Crippen molar-refractivity contribution in [2.45, 2.75) is 46.5 Å². The lowest BCUT2D eigenvalue weighted by Crippen LogP contribution is -2.20. The first kappa shape index (κ1) is 25.0. The van der Waals surface area contributed by atoms with Crippen LogP contribution in [0, 0.1) is 23.2 Å². The minimum absolute atomic E-state index is 0.0451. The summed E-state index contributed by atoms with van der Waals surface area (Å²) < 4.78 is 0. The van der Waals surface area contributed by atoms with Gasteiger partial charge in [0.2, 0.25) is 0 Å². The van der Waals surface area contributed by atoms with Gasteiger partial charge in [0.05, 0.1) is 13.2 Å². The van der Waals surface area contributed by atoms with Crippen LogP contribution in [0.2, 0.25) is 0 Å². The Balaban J connectivity index is 0. The van der Waals surface area contributed by atoms with Crippen LogP contribution in [0.25, 0.3) is 0 Å². The predicted molar refractivity (Wildman–Crippen MR) is 90.9 cm³/mol. The van der Waals surface area contributed by atoms with E-state index in [4.69, 9.17) is 30.6 Å². The van der Waals surface area contributed by atoms with Gasteiger partial charge in [0.15, 0.2) is 0 Å². The van der Waals surface area contributed by atoms with Crippen LogP contribution in [0.3, 0.4) is 0 Å². The summed E-state index contributed by atoms with van der Waals surface area (Å²) in [6.07, 6.45) is 4.40. The van der Waals surface area contributed by atoms with Gasteiger partial charge in [0.1, 0.15) is 0 Å². The fraction of sp³-hybridized carbons (Fsp3) is 1.00. The van der Waals surface area contributed by atoms with Crippen molar-refractivity contribution in [3.8, 4) is 0 Å². The largest absolute Gasteiger partial charge is 0.396 e. The molecular formula is C17H38O6. The molecule has 0 unspecified atom stereocenters. The van der Waals surface area contributed by atoms with Crippen molar-refractivity contribution in [2.24, 2.45) is 23.2 Å². The summed E-state index contributed by atoms with van der Waals surface area (Å²) in [5.41, 5.74) is -0.306. The van der Waals surface area contributed by atoms with Crippen molar-refractivity contribution < 1.29 is 30.6 Å². The van der Waals surface area contributed by atoms with Crippen LogP contribution >= 0.6 is 0 Å². The molecule has 1 aliphatic rings. The summed E-state index contributed by atoms with van der Waals surface area (Å²) >= 11 is 0. The SMILES string of the molecule is CC(C)(CO)CO.CC(CO)CO.OCC1CCC(CO)CC1. The Morgan fingerprint density at radius 2 is 1.04 bits per heavy atom. The molecule has 1 saturated carbocycles. The van der Waals surface area contributed by atoms with Crippen molar-refractivity contribution >= 4 is 0 Å². The second-order valence-electron chi connectivity index (χ2n) is 7.20. The Morgan fingerprint density at radius 3 is 1.13 bits per heavy atom. The molecule has 0 amide bonds. The quantitative estimate of drug-likeness (QED) is 0.416. The molecule has 0 spiro atoms. The third kappa shape index (κ3) is 15.1. The van der Waals surface area contributed by atoms with E-state index in [-0.39, 0.29) is 37.8 Å². The molecule has 0 aromatic rings. The maximum absolute atomic E-state index is 8.79. The van der Waals surface area contributed by atoms with Gasteiger partial charge >= 0.3 is 0 Å². The monoisotopic (exact) mass is 338 g/mol. The summed E-state index contributed by atoms with van der Waals surface area (Å²) in [4.78, 5) is 0. The van der Waals surface area contributed by atoms with E-state index >= 15 is 0 Å². The molecule has 142 valence electrons. The van der Waals surface area contributed by atoms with Gasteiger partial charge in [0.25, 0.3) is 0 Å². The Labute approximate surface area is 140 Å². The Hall–Kier alpha value is -0.240. The van der Waals surface area contributed by atoms with E-state index in [2.05, 4.69) is 0 Å². The summed E-state index contributed by atoms with van der Waals surface area (Å²) in [5, 5.41) is 50.8. The van der Waals surface area contributed by atoms with Crippen molar-refractivity contribution in [1.82, 2.24) is 0 Å². The van der Waals surface area contributed by atoms with Crippen LogP contribution in [0.1, 0.15) is 46.5 Å². The number of aliphatic hydroxyl groups is 6. The molecule has 0 saturated heterocycles. The lowest BCUT2D eigenvalue weighted by atomic mass is 9.83. The molecule has 0 aliphatic heterocycles. The minimum Gasteiger partial charge on any atom is -0.396 e. The highest BCUT2D eigenvalue weighted by molar-refractivity contribution is 4.70. The zero-order valence-corrected chi connectivity index (χ0v) is 15.0. The standard InChI is InChI=1S/C8H16O2.C5H12O2.C4H10O2/c9-5-7-1-2-8(6-10)4-3-7;1-5(2,3-6)4-7;1-4(2-5)3-6/h7-10H,1-6H2;6-7H,3-4H2,1-2H3;4-6H,2-3H2,1H3. The van der Waals surface area contributed by atoms with Crippen molar-refractivity contribution in [2.75, 3.05) is 39.6 Å². The van der Waals surface area contributed by atoms with Crippen molar-refractivity contribution in [1.29, 1.82) is 0 Å². The topological polar surface area (TPSA) is 121 Å². The summed E-state index contributed by atoms with van der Waals surface area (Å²) in [7, 11) is 0. The highest BCUT2D eigenvalue weighted by Gasteiger charge is 2.19. The van der Waals surface area contributed by atoms with Gasteiger partial charge in [-0.1, -0.05) is 20.8 Å². The first-order valence-corrected chi connectivity index (χ1v) is 8.45. The van der Waals surface area contributed by atoms with E-state index in [0.717, 1.165) is 25.7 Å². The summed E-state index contributed by atoms with van der Waals surface area (Å²) in [6.45, 7) is 6.29. The third-order valence-corrected chi connectivity index (χ3v) is 3.96. The number of rotatable bonds is 6. The average molecular weight is 338 g/mol. The molecule has 0 heterocycles. The molecule has 1 aliphatic carbocycles. The van der Waals surface area contributed by atoms with E-state index in [9.17, 15) is 0 Å². The number of aliphatic hydroxyl groups excluding tert-OH is 6. The maximum atomic E-state index is 8.79. The fourth-order valence-corrected chi connectivity index (χ4v) is 1.70. The molecule has 1 fully saturated rings. The third-order valence-electron chi connectivity index (χ3n) is 3.96. The molecule has 1 rings (SSSR count). The van der Waals surface area contributed by atoms with Crippen molar-refractivity contribution in [3.05, 3.63) is 0 Å². The lowest BCUT2D eigenvalue weighted by Gasteiger charge is -2.25. The molecule has 23 heavy (non-hydrogen) atoms. The van der Waals surface area contributed by atoms with Gasteiger partial charge in [-0.25, -0.2) is 0 Å². The number of hydrogen-bond acceptors (Lipinski definition) is 6. The second kappa shape index (κ2) is 15.3. The second-order valence-corrected chi connectivity index (χ2v) is 7.20. The molecule has 6 heteroatoms. The first-order chi connectivity index (χ1) is 10.8. The Morgan fingerprint density at radius 1 is 0.739 bits per heavy atom. The first-order valence-electron chi connectivity index (χ1n) is 8.45. The summed E-state index contributed by atoms with van der Waals surface area (Å²) in [6, 6.07) is 0. The van der Waals surface area contributed by atoms with E-state index in [1.807, 2.05) is 0 Å². The Kier molecular flexibility index (Phi) is 16.6. The predicted octanol–water partition coefficient (Wildman–Crippen LogP) is 0.382. The molecule has 0 aromatic carbocycles. The van der Waals surface area contributed by atoms with E-state index < -0.39 is 0 Å². The molecule has 0 bridgehead atoms. The molecule has 6 N–H and O–H groups in total. The highest BCUT2D eigenvalue weighted by atomic mass is 16.3. The average Bonchev–Trinajstić information content (AvgIpc) is 2.62. The minimum atomic E-state index is -0.306. The van der Waals surface area contributed by atoms with Crippen LogP contribution in [0.5, 0.6) is 0 Å². The zero-order chi connectivity index (χ0) is 18.3. The summed E-state index contributed by atoms with van der Waals surface area (Å²) in [5.74, 6) is 1.08. The van der Waals surface area contributed by atoms with Crippen LogP contribution < -0.4 is 0 Å². The molecular weight excluding hydrogens is 300 g/mol. The molecule has 6 nitrogen and oxygen atoms in total. The molecule has 0 aromatic heterocycles. The zero-order valence-electron chi connectivity index (χ0n) is 15.0. The van der Waals surface area contributed by atoms with Gasteiger partial charge in [-0.15, -0.1) is 0 Å². The van der Waals surface area contributed by atoms with Crippen LogP contribution in [0.15, 0.2) is 0 Å². The van der Waals surface area contributed by atoms with Gasteiger partial charge in [-0.3, -0.25) is 0 Å². The van der Waals surface area contributed by atoms with Gasteiger partial charge in [-0.05, 0) is 37.5 Å². The highest BCUT2D eigenvalue weighted by Crippen LogP contribution is 2.27. The van der Waals surface area contributed by atoms with E-state index in [0.29, 0.717) is 25.0 Å². The lowest BCUT2D eigenvalue weighted by molar-refractivity contribution is 0.0857. The maximum Gasteiger partial charge on any atom is 0.0504 e. The Bertz CT molecular complexity index is 217. The van der Waals surface area contributed by atoms with Gasteiger partial charge < -0.3 is 30.6 Å². The van der Waals surface area contributed by atoms with Crippen LogP contribution in [0.4, 0.5) is 0 Å². The van der Waals surface area contributed by atoms with Crippen molar-refractivity contribution in [3.63, 3.8) is 0 Å². The van der Waals surface area contributed by atoms with E-state index in [1.165, 1.54) is 0 Å². The molecule has 0 radical (unpaired) electrons. The normalized spacial score (nSPS) is 21.1. The van der Waals surface area contributed by atoms with Crippen LogP contribution in [-0.4, -0.2) is 70.3 Å². The van der Waals surface area contributed by atoms with Crippen LogP contribution in [-0.2, 0) is 0 Å². The van der Waals surface area contributed by atoms with Gasteiger partial charge in [0, 0.05) is 37.8 Å². The fourth-order valence-electron chi connectivity index (χ4n) is 1.70. The van der Waals surface area contributed by atoms with E-state index in [1.54, 1.807) is 20.8 Å². The molecule has 0 atom stereocenters. The smallest absolute Gasteiger partial charge is 0.0504 e. The number of hydrogen-bond donors (Lipinski definition) is 6. The van der Waals surface area contributed by atoms with Gasteiger partial charge in [-0.2, -0.15) is 0 Å².